The molecule has 0 aromatic carbocycles. The number of aryl methyl sites for hydroxylation is 1. The number of carboxylic acids is 1. The molecule has 0 bridgehead atoms. The summed E-state index contributed by atoms with van der Waals surface area (Å²) in [4.78, 5) is 25.3. The van der Waals surface area contributed by atoms with Crippen LogP contribution in [0.1, 0.15) is 60.5 Å². The molecule has 5 nitrogen and oxygen atoms in total. The summed E-state index contributed by atoms with van der Waals surface area (Å²) in [5.41, 5.74) is 0. The zero-order chi connectivity index (χ0) is 23.0. The third kappa shape index (κ3) is 7.15. The lowest BCUT2D eigenvalue weighted by Crippen LogP contribution is -2.36. The molecule has 0 aliphatic carbocycles. The molecule has 31 heavy (non-hydrogen) atoms. The lowest BCUT2D eigenvalue weighted by Gasteiger charge is -2.22. The van der Waals surface area contributed by atoms with E-state index in [1.807, 2.05) is 13.8 Å². The first kappa shape index (κ1) is 25.0. The summed E-state index contributed by atoms with van der Waals surface area (Å²) in [5, 5.41) is 19.3. The Labute approximate surface area is 185 Å². The standard InChI is InChI=1S/C23H29F2NO4S/c1-3-4-5-6-8-16(2)19(27)12-10-17-15-23(24,25)22(30)26(17)14-7-9-18-11-13-20(31-18)21(28)29/h10-13,16-17,19,27H,3-4,7-9,14-15H2,1-2H3,(H,28,29)/t16-,17-,19+/m0/s1. The smallest absolute Gasteiger partial charge is 0.345 e. The predicted molar refractivity (Wildman–Crippen MR) is 116 cm³/mol. The number of hydrogen-bond donors (Lipinski definition) is 2. The quantitative estimate of drug-likeness (QED) is 0.408. The maximum Gasteiger partial charge on any atom is 0.345 e. The van der Waals surface area contributed by atoms with E-state index < -0.39 is 36.4 Å². The lowest BCUT2D eigenvalue weighted by atomic mass is 9.99. The summed E-state index contributed by atoms with van der Waals surface area (Å²) in [7, 11) is 0. The first-order chi connectivity index (χ1) is 14.7. The number of nitrogens with zero attached hydrogens (tertiary/aromatic N) is 1. The number of carbonyl (C=O) groups is 2. The second-order valence-electron chi connectivity index (χ2n) is 7.81. The molecule has 0 saturated carbocycles. The topological polar surface area (TPSA) is 77.8 Å². The van der Waals surface area contributed by atoms with Crippen molar-refractivity contribution >= 4 is 23.2 Å². The number of likely N-dealkylation sites (tertiary alicyclic amines) is 1. The molecule has 1 aromatic heterocycles. The molecule has 0 radical (unpaired) electrons. The van der Waals surface area contributed by atoms with Gasteiger partial charge in [-0.25, -0.2) is 4.79 Å². The highest BCUT2D eigenvalue weighted by molar-refractivity contribution is 7.13. The molecule has 0 spiro atoms. The summed E-state index contributed by atoms with van der Waals surface area (Å²) < 4.78 is 28.1. The molecular weight excluding hydrogens is 424 g/mol. The Morgan fingerprint density at radius 2 is 2.16 bits per heavy atom. The van der Waals surface area contributed by atoms with Crippen LogP contribution >= 0.6 is 11.3 Å². The number of aliphatic hydroxyl groups is 1. The van der Waals surface area contributed by atoms with Crippen molar-refractivity contribution in [1.82, 2.24) is 4.90 Å². The maximum atomic E-state index is 14.0. The van der Waals surface area contributed by atoms with E-state index in [1.165, 1.54) is 18.2 Å². The maximum absolute atomic E-state index is 14.0. The number of unbranched alkanes of at least 4 members (excludes halogenated alkanes) is 1. The first-order valence-electron chi connectivity index (χ1n) is 10.5. The number of halogens is 2. The second kappa shape index (κ2) is 11.4. The minimum absolute atomic E-state index is 0.137. The van der Waals surface area contributed by atoms with Crippen molar-refractivity contribution in [3.8, 4) is 11.8 Å². The van der Waals surface area contributed by atoms with Gasteiger partial charge in [-0.3, -0.25) is 4.79 Å². The van der Waals surface area contributed by atoms with Crippen LogP contribution in [0.2, 0.25) is 0 Å². The number of rotatable bonds is 10. The third-order valence-electron chi connectivity index (χ3n) is 5.17. The number of aliphatic hydroxyl groups excluding tert-OH is 1. The van der Waals surface area contributed by atoms with Crippen LogP contribution in [0.3, 0.4) is 0 Å². The summed E-state index contributed by atoms with van der Waals surface area (Å²) in [6, 6.07) is 2.43. The summed E-state index contributed by atoms with van der Waals surface area (Å²) in [6.07, 6.45) is 4.76. The number of carboxylic acid groups (broad SMARTS) is 1. The Balaban J connectivity index is 1.95. The predicted octanol–water partition coefficient (Wildman–Crippen LogP) is 4.36. The zero-order valence-corrected chi connectivity index (χ0v) is 18.6. The Morgan fingerprint density at radius 1 is 1.42 bits per heavy atom. The van der Waals surface area contributed by atoms with E-state index in [0.717, 1.165) is 34.0 Å². The summed E-state index contributed by atoms with van der Waals surface area (Å²) in [6.45, 7) is 4.01. The van der Waals surface area contributed by atoms with Gasteiger partial charge in [-0.2, -0.15) is 8.78 Å². The van der Waals surface area contributed by atoms with Crippen molar-refractivity contribution in [3.05, 3.63) is 34.0 Å². The van der Waals surface area contributed by atoms with E-state index in [-0.39, 0.29) is 17.3 Å². The average Bonchev–Trinajstić information content (AvgIpc) is 3.27. The minimum Gasteiger partial charge on any atom is -0.477 e. The zero-order valence-electron chi connectivity index (χ0n) is 17.8. The minimum atomic E-state index is -3.42. The fourth-order valence-corrected chi connectivity index (χ4v) is 4.20. The molecule has 1 saturated heterocycles. The Kier molecular flexibility index (Phi) is 9.20. The normalized spacial score (nSPS) is 20.0. The van der Waals surface area contributed by atoms with Gasteiger partial charge in [0.05, 0.1) is 12.1 Å². The number of carbonyl (C=O) groups excluding carboxylic acids is 1. The van der Waals surface area contributed by atoms with Crippen LogP contribution in [0.15, 0.2) is 24.3 Å². The van der Waals surface area contributed by atoms with Gasteiger partial charge in [0.2, 0.25) is 0 Å². The fraction of sp³-hybridized carbons (Fsp3) is 0.565. The molecule has 1 fully saturated rings. The Hall–Kier alpha value is -2.24. The van der Waals surface area contributed by atoms with Crippen molar-refractivity contribution in [2.24, 2.45) is 5.92 Å². The van der Waals surface area contributed by atoms with Crippen LogP contribution in [0.4, 0.5) is 8.78 Å². The van der Waals surface area contributed by atoms with E-state index in [9.17, 15) is 23.5 Å². The van der Waals surface area contributed by atoms with E-state index >= 15 is 0 Å². The van der Waals surface area contributed by atoms with Crippen LogP contribution in [-0.4, -0.2) is 51.6 Å². The van der Waals surface area contributed by atoms with Crippen molar-refractivity contribution in [2.45, 2.75) is 70.4 Å². The molecule has 1 aromatic rings. The number of alkyl halides is 2. The van der Waals surface area contributed by atoms with Crippen molar-refractivity contribution < 1.29 is 28.6 Å². The van der Waals surface area contributed by atoms with Crippen LogP contribution in [-0.2, 0) is 11.2 Å². The largest absolute Gasteiger partial charge is 0.477 e. The highest BCUT2D eigenvalue weighted by Crippen LogP contribution is 2.34. The monoisotopic (exact) mass is 453 g/mol. The van der Waals surface area contributed by atoms with E-state index in [0.29, 0.717) is 19.3 Å². The molecule has 3 atom stereocenters. The number of thiophene rings is 1. The van der Waals surface area contributed by atoms with Gasteiger partial charge in [0.25, 0.3) is 5.91 Å². The third-order valence-corrected chi connectivity index (χ3v) is 6.30. The Morgan fingerprint density at radius 3 is 2.81 bits per heavy atom. The van der Waals surface area contributed by atoms with Gasteiger partial charge in [0, 0.05) is 30.7 Å². The molecule has 2 rings (SSSR count). The molecule has 2 heterocycles. The number of hydrogen-bond acceptors (Lipinski definition) is 4. The summed E-state index contributed by atoms with van der Waals surface area (Å²) >= 11 is 1.14. The summed E-state index contributed by atoms with van der Waals surface area (Å²) in [5.74, 6) is 0.263. The molecule has 1 amide bonds. The molecular formula is C23H29F2NO4S. The van der Waals surface area contributed by atoms with Crippen molar-refractivity contribution in [3.63, 3.8) is 0 Å². The van der Waals surface area contributed by atoms with E-state index in [2.05, 4.69) is 11.8 Å². The van der Waals surface area contributed by atoms with Crippen LogP contribution in [0, 0.1) is 17.8 Å². The molecule has 170 valence electrons. The lowest BCUT2D eigenvalue weighted by molar-refractivity contribution is -0.148. The van der Waals surface area contributed by atoms with Gasteiger partial charge in [-0.15, -0.1) is 23.2 Å². The van der Waals surface area contributed by atoms with Crippen molar-refractivity contribution in [2.75, 3.05) is 6.54 Å². The SMILES string of the molecule is CCCC#CC[C@H](C)[C@H](O)C=C[C@H]1CC(F)(F)C(=O)N1CCCc1ccc(C(=O)O)s1. The van der Waals surface area contributed by atoms with E-state index in [1.54, 1.807) is 6.07 Å². The van der Waals surface area contributed by atoms with E-state index in [4.69, 9.17) is 5.11 Å². The molecule has 0 unspecified atom stereocenters. The van der Waals surface area contributed by atoms with Gasteiger partial charge < -0.3 is 15.1 Å². The highest BCUT2D eigenvalue weighted by Gasteiger charge is 2.52. The van der Waals surface area contributed by atoms with Crippen LogP contribution in [0.5, 0.6) is 0 Å². The van der Waals surface area contributed by atoms with Gasteiger partial charge >= 0.3 is 11.9 Å². The molecule has 2 N–H and O–H groups in total. The van der Waals surface area contributed by atoms with Crippen molar-refractivity contribution in [1.29, 1.82) is 0 Å². The van der Waals surface area contributed by atoms with Gasteiger partial charge in [-0.1, -0.05) is 26.0 Å². The Bertz CT molecular complexity index is 855. The molecule has 1 aliphatic rings. The first-order valence-corrected chi connectivity index (χ1v) is 11.3. The van der Waals surface area contributed by atoms with Crippen LogP contribution in [0.25, 0.3) is 0 Å². The fourth-order valence-electron chi connectivity index (χ4n) is 3.31. The molecule has 1 aliphatic heterocycles. The number of amides is 1. The van der Waals surface area contributed by atoms with Gasteiger partial charge in [-0.05, 0) is 37.3 Å². The second-order valence-corrected chi connectivity index (χ2v) is 8.98. The molecule has 8 heteroatoms. The average molecular weight is 454 g/mol. The number of aromatic carboxylic acids is 1. The van der Waals surface area contributed by atoms with Gasteiger partial charge in [0.15, 0.2) is 0 Å². The highest BCUT2D eigenvalue weighted by atomic mass is 32.1. The van der Waals surface area contributed by atoms with Gasteiger partial charge in [0.1, 0.15) is 4.88 Å². The van der Waals surface area contributed by atoms with Crippen LogP contribution < -0.4 is 0 Å².